The molecule has 18 heavy (non-hydrogen) atoms. The van der Waals surface area contributed by atoms with Crippen LogP contribution >= 0.6 is 0 Å². The Balaban J connectivity index is 2.42. The van der Waals surface area contributed by atoms with Gasteiger partial charge < -0.3 is 9.84 Å². The zero-order valence-corrected chi connectivity index (χ0v) is 11.1. The molecule has 2 aromatic rings. The lowest BCUT2D eigenvalue weighted by molar-refractivity contribution is 0.219. The van der Waals surface area contributed by atoms with Crippen LogP contribution in [0, 0.1) is 13.8 Å². The molecular formula is C14H18N2O2. The van der Waals surface area contributed by atoms with E-state index in [1.807, 2.05) is 39.2 Å². The lowest BCUT2D eigenvalue weighted by Crippen LogP contribution is -2.03. The van der Waals surface area contributed by atoms with Crippen molar-refractivity contribution in [2.75, 3.05) is 7.11 Å². The molecule has 1 N–H and O–H groups in total. The third-order valence-electron chi connectivity index (χ3n) is 3.12. The van der Waals surface area contributed by atoms with Crippen LogP contribution in [0.5, 0.6) is 5.75 Å². The summed E-state index contributed by atoms with van der Waals surface area (Å²) < 4.78 is 6.96. The van der Waals surface area contributed by atoms with E-state index in [0.717, 1.165) is 28.0 Å². The van der Waals surface area contributed by atoms with Gasteiger partial charge in [-0.15, -0.1) is 0 Å². The molecule has 0 amide bonds. The number of ether oxygens (including phenoxy) is 1. The average Bonchev–Trinajstić information content (AvgIpc) is 2.77. The summed E-state index contributed by atoms with van der Waals surface area (Å²) in [5.74, 6) is 0.842. The topological polar surface area (TPSA) is 47.3 Å². The zero-order chi connectivity index (χ0) is 13.3. The van der Waals surface area contributed by atoms with Crippen LogP contribution in [0.2, 0.25) is 0 Å². The maximum atomic E-state index is 10.4. The standard InChI is InChI=1S/C14H18N2O2/c1-9-6-13(18-4)10(2)5-12(9)14(17)11-7-15-16(3)8-11/h5-8,14,17H,1-4H3. The maximum Gasteiger partial charge on any atom is 0.122 e. The molecule has 0 bridgehead atoms. The fourth-order valence-electron chi connectivity index (χ4n) is 2.09. The molecule has 0 aliphatic heterocycles. The molecule has 0 spiro atoms. The van der Waals surface area contributed by atoms with Gasteiger partial charge in [-0.05, 0) is 42.7 Å². The van der Waals surface area contributed by atoms with Crippen LogP contribution in [0.25, 0.3) is 0 Å². The maximum absolute atomic E-state index is 10.4. The van der Waals surface area contributed by atoms with Gasteiger partial charge in [0.05, 0.1) is 13.3 Å². The van der Waals surface area contributed by atoms with Crippen LogP contribution in [0.3, 0.4) is 0 Å². The van der Waals surface area contributed by atoms with E-state index in [2.05, 4.69) is 5.10 Å². The van der Waals surface area contributed by atoms with Gasteiger partial charge in [0, 0.05) is 18.8 Å². The van der Waals surface area contributed by atoms with Gasteiger partial charge in [0.25, 0.3) is 0 Å². The smallest absolute Gasteiger partial charge is 0.122 e. The van der Waals surface area contributed by atoms with E-state index in [0.29, 0.717) is 0 Å². The van der Waals surface area contributed by atoms with Crippen LogP contribution in [0.1, 0.15) is 28.4 Å². The van der Waals surface area contributed by atoms with Gasteiger partial charge >= 0.3 is 0 Å². The van der Waals surface area contributed by atoms with Gasteiger partial charge in [-0.2, -0.15) is 5.10 Å². The highest BCUT2D eigenvalue weighted by Gasteiger charge is 2.16. The average molecular weight is 246 g/mol. The summed E-state index contributed by atoms with van der Waals surface area (Å²) in [6.07, 6.45) is 2.86. The normalized spacial score (nSPS) is 12.5. The first-order chi connectivity index (χ1) is 8.52. The van der Waals surface area contributed by atoms with E-state index >= 15 is 0 Å². The van der Waals surface area contributed by atoms with Gasteiger partial charge in [-0.3, -0.25) is 4.68 Å². The lowest BCUT2D eigenvalue weighted by atomic mass is 9.97. The van der Waals surface area contributed by atoms with Crippen LogP contribution in [0.4, 0.5) is 0 Å². The van der Waals surface area contributed by atoms with E-state index in [1.54, 1.807) is 18.0 Å². The Labute approximate surface area is 107 Å². The number of rotatable bonds is 3. The predicted octanol–water partition coefficient (Wildman–Crippen LogP) is 2.13. The number of nitrogens with zero attached hydrogens (tertiary/aromatic N) is 2. The van der Waals surface area contributed by atoms with Crippen molar-refractivity contribution in [2.45, 2.75) is 20.0 Å². The van der Waals surface area contributed by atoms with Crippen molar-refractivity contribution in [3.05, 3.63) is 46.8 Å². The van der Waals surface area contributed by atoms with E-state index in [1.165, 1.54) is 0 Å². The molecule has 0 fully saturated rings. The first-order valence-electron chi connectivity index (χ1n) is 5.84. The Morgan fingerprint density at radius 2 is 2.00 bits per heavy atom. The first kappa shape index (κ1) is 12.6. The third-order valence-corrected chi connectivity index (χ3v) is 3.12. The molecule has 0 radical (unpaired) electrons. The van der Waals surface area contributed by atoms with E-state index < -0.39 is 6.10 Å². The molecule has 0 aliphatic rings. The molecule has 0 saturated heterocycles. The molecule has 1 aromatic heterocycles. The summed E-state index contributed by atoms with van der Waals surface area (Å²) in [5, 5.41) is 14.5. The number of methoxy groups -OCH3 is 1. The summed E-state index contributed by atoms with van der Waals surface area (Å²) >= 11 is 0. The van der Waals surface area contributed by atoms with Crippen molar-refractivity contribution in [1.82, 2.24) is 9.78 Å². The van der Waals surface area contributed by atoms with Crippen molar-refractivity contribution in [2.24, 2.45) is 7.05 Å². The monoisotopic (exact) mass is 246 g/mol. The molecule has 1 atom stereocenters. The quantitative estimate of drug-likeness (QED) is 0.902. The van der Waals surface area contributed by atoms with Crippen molar-refractivity contribution < 1.29 is 9.84 Å². The van der Waals surface area contributed by atoms with E-state index in [4.69, 9.17) is 4.74 Å². The second-order valence-electron chi connectivity index (χ2n) is 4.53. The van der Waals surface area contributed by atoms with Crippen LogP contribution in [-0.4, -0.2) is 22.0 Å². The number of hydrogen-bond donors (Lipinski definition) is 1. The number of aliphatic hydroxyl groups is 1. The summed E-state index contributed by atoms with van der Waals surface area (Å²) in [7, 11) is 3.49. The van der Waals surface area contributed by atoms with Crippen molar-refractivity contribution >= 4 is 0 Å². The molecule has 1 aromatic carbocycles. The molecule has 1 heterocycles. The number of aromatic nitrogens is 2. The Hall–Kier alpha value is -1.81. The SMILES string of the molecule is COc1cc(C)c(C(O)c2cnn(C)c2)cc1C. The fourth-order valence-corrected chi connectivity index (χ4v) is 2.09. The Bertz CT molecular complexity index is 561. The second-order valence-corrected chi connectivity index (χ2v) is 4.53. The van der Waals surface area contributed by atoms with E-state index in [9.17, 15) is 5.11 Å². The fraction of sp³-hybridized carbons (Fsp3) is 0.357. The summed E-state index contributed by atoms with van der Waals surface area (Å²) in [6.45, 7) is 3.94. The van der Waals surface area contributed by atoms with Crippen molar-refractivity contribution in [3.63, 3.8) is 0 Å². The molecule has 4 nitrogen and oxygen atoms in total. The van der Waals surface area contributed by atoms with Crippen LogP contribution in [0.15, 0.2) is 24.5 Å². The van der Waals surface area contributed by atoms with Gasteiger partial charge in [-0.25, -0.2) is 0 Å². The van der Waals surface area contributed by atoms with Gasteiger partial charge in [0.15, 0.2) is 0 Å². The minimum Gasteiger partial charge on any atom is -0.496 e. The minimum absolute atomic E-state index is 0.650. The highest BCUT2D eigenvalue weighted by Crippen LogP contribution is 2.29. The number of hydrogen-bond acceptors (Lipinski definition) is 3. The Kier molecular flexibility index (Phi) is 3.39. The van der Waals surface area contributed by atoms with E-state index in [-0.39, 0.29) is 0 Å². The molecule has 0 aliphatic carbocycles. The predicted molar refractivity (Wildman–Crippen MR) is 69.7 cm³/mol. The van der Waals surface area contributed by atoms with Crippen molar-refractivity contribution in [3.8, 4) is 5.75 Å². The summed E-state index contributed by atoms with van der Waals surface area (Å²) in [5.41, 5.74) is 3.71. The minimum atomic E-state index is -0.650. The number of aryl methyl sites for hydroxylation is 3. The highest BCUT2D eigenvalue weighted by molar-refractivity contribution is 5.44. The Morgan fingerprint density at radius 3 is 2.56 bits per heavy atom. The summed E-state index contributed by atoms with van der Waals surface area (Å²) in [4.78, 5) is 0. The third kappa shape index (κ3) is 2.24. The molecule has 1 unspecified atom stereocenters. The van der Waals surface area contributed by atoms with Gasteiger partial charge in [0.2, 0.25) is 0 Å². The van der Waals surface area contributed by atoms with Gasteiger partial charge in [0.1, 0.15) is 11.9 Å². The molecule has 2 rings (SSSR count). The first-order valence-corrected chi connectivity index (χ1v) is 5.84. The van der Waals surface area contributed by atoms with Crippen LogP contribution < -0.4 is 4.74 Å². The zero-order valence-electron chi connectivity index (χ0n) is 11.1. The van der Waals surface area contributed by atoms with Gasteiger partial charge in [-0.1, -0.05) is 0 Å². The second kappa shape index (κ2) is 4.82. The molecule has 96 valence electrons. The van der Waals surface area contributed by atoms with Crippen molar-refractivity contribution in [1.29, 1.82) is 0 Å². The molecular weight excluding hydrogens is 228 g/mol. The Morgan fingerprint density at radius 1 is 1.28 bits per heavy atom. The van der Waals surface area contributed by atoms with Crippen LogP contribution in [-0.2, 0) is 7.05 Å². The highest BCUT2D eigenvalue weighted by atomic mass is 16.5. The summed E-state index contributed by atoms with van der Waals surface area (Å²) in [6, 6.07) is 3.91. The number of aliphatic hydroxyl groups excluding tert-OH is 1. The number of benzene rings is 1. The molecule has 0 saturated carbocycles. The molecule has 4 heteroatoms. The largest absolute Gasteiger partial charge is 0.496 e. The lowest BCUT2D eigenvalue weighted by Gasteiger charge is -2.15.